The Bertz CT molecular complexity index is 236. The monoisotopic (exact) mass is 241 g/mol. The van der Waals surface area contributed by atoms with E-state index in [-0.39, 0.29) is 12.0 Å². The standard InChI is InChI=1S/C14H27NO2/c1-4-8-15(9-5-2)13-10-11(3)6-7-12(13)14(16)17/h11-13H,4-10H2,1-3H3,(H,16,17). The average molecular weight is 241 g/mol. The molecule has 0 amide bonds. The third-order valence-corrected chi connectivity index (χ3v) is 3.89. The van der Waals surface area contributed by atoms with Crippen molar-refractivity contribution in [2.24, 2.45) is 11.8 Å². The first-order valence-corrected chi connectivity index (χ1v) is 7.06. The molecular formula is C14H27NO2. The average Bonchev–Trinajstić information content (AvgIpc) is 2.28. The first-order chi connectivity index (χ1) is 8.10. The van der Waals surface area contributed by atoms with E-state index >= 15 is 0 Å². The second-order valence-electron chi connectivity index (χ2n) is 5.47. The van der Waals surface area contributed by atoms with Gasteiger partial charge in [-0.15, -0.1) is 0 Å². The third-order valence-electron chi connectivity index (χ3n) is 3.89. The summed E-state index contributed by atoms with van der Waals surface area (Å²) in [5.74, 6) is -0.0739. The Morgan fingerprint density at radius 3 is 2.29 bits per heavy atom. The fourth-order valence-corrected chi connectivity index (χ4v) is 3.06. The number of aliphatic carboxylic acids is 1. The number of rotatable bonds is 6. The highest BCUT2D eigenvalue weighted by molar-refractivity contribution is 5.71. The van der Waals surface area contributed by atoms with Crippen LogP contribution in [-0.2, 0) is 4.79 Å². The molecule has 100 valence electrons. The lowest BCUT2D eigenvalue weighted by Crippen LogP contribution is -2.47. The molecule has 0 bridgehead atoms. The largest absolute Gasteiger partial charge is 0.481 e. The third kappa shape index (κ3) is 3.98. The molecule has 3 atom stereocenters. The van der Waals surface area contributed by atoms with Crippen LogP contribution < -0.4 is 0 Å². The van der Waals surface area contributed by atoms with Crippen molar-refractivity contribution in [1.29, 1.82) is 0 Å². The van der Waals surface area contributed by atoms with E-state index in [9.17, 15) is 9.90 Å². The van der Waals surface area contributed by atoms with Crippen LogP contribution in [0.15, 0.2) is 0 Å². The van der Waals surface area contributed by atoms with Gasteiger partial charge in [0, 0.05) is 6.04 Å². The highest BCUT2D eigenvalue weighted by Gasteiger charge is 2.36. The first-order valence-electron chi connectivity index (χ1n) is 7.06. The molecule has 3 unspecified atom stereocenters. The number of carboxylic acids is 1. The first kappa shape index (κ1) is 14.5. The van der Waals surface area contributed by atoms with Crippen LogP contribution in [0.2, 0.25) is 0 Å². The van der Waals surface area contributed by atoms with Crippen LogP contribution in [0.3, 0.4) is 0 Å². The van der Waals surface area contributed by atoms with Crippen LogP contribution in [0.5, 0.6) is 0 Å². The topological polar surface area (TPSA) is 40.5 Å². The minimum absolute atomic E-state index is 0.149. The van der Waals surface area contributed by atoms with Crippen LogP contribution in [0.25, 0.3) is 0 Å². The van der Waals surface area contributed by atoms with Gasteiger partial charge in [0.05, 0.1) is 5.92 Å². The number of carboxylic acid groups (broad SMARTS) is 1. The molecule has 1 saturated carbocycles. The minimum Gasteiger partial charge on any atom is -0.481 e. The van der Waals surface area contributed by atoms with Gasteiger partial charge in [0.15, 0.2) is 0 Å². The number of nitrogens with zero attached hydrogens (tertiary/aromatic N) is 1. The molecule has 3 nitrogen and oxygen atoms in total. The molecule has 0 aromatic heterocycles. The summed E-state index contributed by atoms with van der Waals surface area (Å²) >= 11 is 0. The van der Waals surface area contributed by atoms with E-state index in [0.29, 0.717) is 5.92 Å². The zero-order valence-corrected chi connectivity index (χ0v) is 11.5. The zero-order valence-electron chi connectivity index (χ0n) is 11.5. The molecule has 0 heterocycles. The smallest absolute Gasteiger partial charge is 0.308 e. The fraction of sp³-hybridized carbons (Fsp3) is 0.929. The van der Waals surface area contributed by atoms with Gasteiger partial charge in [0.2, 0.25) is 0 Å². The van der Waals surface area contributed by atoms with Gasteiger partial charge in [-0.1, -0.05) is 20.8 Å². The van der Waals surface area contributed by atoms with Crippen LogP contribution in [0, 0.1) is 11.8 Å². The molecule has 0 aromatic carbocycles. The molecule has 1 N–H and O–H groups in total. The van der Waals surface area contributed by atoms with Crippen molar-refractivity contribution in [2.75, 3.05) is 13.1 Å². The normalized spacial score (nSPS) is 29.5. The molecule has 3 heteroatoms. The zero-order chi connectivity index (χ0) is 12.8. The van der Waals surface area contributed by atoms with Gasteiger partial charge in [-0.3, -0.25) is 9.69 Å². The van der Waals surface area contributed by atoms with E-state index in [1.54, 1.807) is 0 Å². The van der Waals surface area contributed by atoms with Crippen LogP contribution in [0.1, 0.15) is 52.9 Å². The van der Waals surface area contributed by atoms with E-state index in [1.165, 1.54) is 0 Å². The van der Waals surface area contributed by atoms with Gasteiger partial charge in [-0.25, -0.2) is 0 Å². The lowest BCUT2D eigenvalue weighted by Gasteiger charge is -2.40. The summed E-state index contributed by atoms with van der Waals surface area (Å²) in [6, 6.07) is 0.260. The molecule has 0 radical (unpaired) electrons. The second-order valence-corrected chi connectivity index (χ2v) is 5.47. The van der Waals surface area contributed by atoms with Crippen molar-refractivity contribution in [3.8, 4) is 0 Å². The van der Waals surface area contributed by atoms with Crippen LogP contribution in [-0.4, -0.2) is 35.1 Å². The van der Waals surface area contributed by atoms with Crippen molar-refractivity contribution in [3.05, 3.63) is 0 Å². The van der Waals surface area contributed by atoms with Crippen molar-refractivity contribution in [1.82, 2.24) is 4.90 Å². The fourth-order valence-electron chi connectivity index (χ4n) is 3.06. The number of hydrogen-bond acceptors (Lipinski definition) is 2. The van der Waals surface area contributed by atoms with E-state index in [1.807, 2.05) is 0 Å². The molecule has 0 spiro atoms. The summed E-state index contributed by atoms with van der Waals surface area (Å²) in [6.45, 7) is 8.67. The van der Waals surface area contributed by atoms with Crippen LogP contribution in [0.4, 0.5) is 0 Å². The predicted molar refractivity (Wildman–Crippen MR) is 70.1 cm³/mol. The lowest BCUT2D eigenvalue weighted by molar-refractivity contribution is -0.146. The maximum Gasteiger partial charge on any atom is 0.308 e. The van der Waals surface area contributed by atoms with Crippen molar-refractivity contribution in [2.45, 2.75) is 58.9 Å². The van der Waals surface area contributed by atoms with Crippen molar-refractivity contribution >= 4 is 5.97 Å². The van der Waals surface area contributed by atoms with Gasteiger partial charge in [0.25, 0.3) is 0 Å². The number of hydrogen-bond donors (Lipinski definition) is 1. The van der Waals surface area contributed by atoms with E-state index in [0.717, 1.165) is 45.2 Å². The Kier molecular flexibility index (Phi) is 5.96. The number of carbonyl (C=O) groups is 1. The summed E-state index contributed by atoms with van der Waals surface area (Å²) in [7, 11) is 0. The summed E-state index contributed by atoms with van der Waals surface area (Å²) in [5, 5.41) is 9.35. The van der Waals surface area contributed by atoms with Gasteiger partial charge >= 0.3 is 5.97 Å². The molecular weight excluding hydrogens is 214 g/mol. The minimum atomic E-state index is -0.598. The second kappa shape index (κ2) is 7.00. The maximum atomic E-state index is 11.4. The Morgan fingerprint density at radius 1 is 1.24 bits per heavy atom. The summed E-state index contributed by atoms with van der Waals surface area (Å²) in [6.07, 6.45) is 5.19. The predicted octanol–water partition coefficient (Wildman–Crippen LogP) is 3.00. The Labute approximate surface area is 105 Å². The lowest BCUT2D eigenvalue weighted by atomic mass is 9.78. The SMILES string of the molecule is CCCN(CCC)C1CC(C)CCC1C(=O)O. The van der Waals surface area contributed by atoms with E-state index in [4.69, 9.17) is 0 Å². The van der Waals surface area contributed by atoms with Crippen molar-refractivity contribution < 1.29 is 9.90 Å². The molecule has 0 saturated heterocycles. The van der Waals surface area contributed by atoms with E-state index < -0.39 is 5.97 Å². The Balaban J connectivity index is 2.74. The van der Waals surface area contributed by atoms with Gasteiger partial charge in [-0.2, -0.15) is 0 Å². The highest BCUT2D eigenvalue weighted by Crippen LogP contribution is 2.32. The summed E-state index contributed by atoms with van der Waals surface area (Å²) in [4.78, 5) is 13.8. The van der Waals surface area contributed by atoms with Gasteiger partial charge < -0.3 is 5.11 Å². The highest BCUT2D eigenvalue weighted by atomic mass is 16.4. The molecule has 1 aliphatic carbocycles. The maximum absolute atomic E-state index is 11.4. The molecule has 1 aliphatic rings. The quantitative estimate of drug-likeness (QED) is 0.777. The molecule has 1 fully saturated rings. The summed E-state index contributed by atoms with van der Waals surface area (Å²) in [5.41, 5.74) is 0. The van der Waals surface area contributed by atoms with E-state index in [2.05, 4.69) is 25.7 Å². The molecule has 0 aromatic rings. The molecule has 0 aliphatic heterocycles. The molecule has 1 rings (SSSR count). The molecule has 17 heavy (non-hydrogen) atoms. The van der Waals surface area contributed by atoms with Gasteiger partial charge in [-0.05, 0) is 51.1 Å². The van der Waals surface area contributed by atoms with Gasteiger partial charge in [0.1, 0.15) is 0 Å². The van der Waals surface area contributed by atoms with Crippen molar-refractivity contribution in [3.63, 3.8) is 0 Å². The summed E-state index contributed by atoms with van der Waals surface area (Å²) < 4.78 is 0. The van der Waals surface area contributed by atoms with Crippen LogP contribution >= 0.6 is 0 Å². The Morgan fingerprint density at radius 2 is 1.82 bits per heavy atom. The Hall–Kier alpha value is -0.570.